The zero-order valence-corrected chi connectivity index (χ0v) is 27.1. The van der Waals surface area contributed by atoms with Crippen LogP contribution in [0.5, 0.6) is 5.75 Å². The summed E-state index contributed by atoms with van der Waals surface area (Å²) in [7, 11) is -4.33. The molecule has 0 aliphatic carbocycles. The van der Waals surface area contributed by atoms with Gasteiger partial charge in [0, 0.05) is 22.1 Å². The molecule has 0 saturated heterocycles. The summed E-state index contributed by atoms with van der Waals surface area (Å²) in [5.74, 6) is -1.16. The molecule has 0 fully saturated rings. The van der Waals surface area contributed by atoms with Gasteiger partial charge in [-0.3, -0.25) is 13.9 Å². The van der Waals surface area contributed by atoms with Crippen LogP contribution in [0.2, 0.25) is 10.0 Å². The molecule has 3 aromatic rings. The summed E-state index contributed by atoms with van der Waals surface area (Å²) in [6, 6.07) is 14.4. The van der Waals surface area contributed by atoms with E-state index in [1.807, 2.05) is 20.8 Å². The molecule has 2 amide bonds. The van der Waals surface area contributed by atoms with Crippen LogP contribution >= 0.6 is 23.2 Å². The van der Waals surface area contributed by atoms with Crippen molar-refractivity contribution in [3.8, 4) is 5.75 Å². The molecule has 0 saturated carbocycles. The number of hydrogen-bond acceptors (Lipinski definition) is 5. The zero-order chi connectivity index (χ0) is 31.9. The molecule has 1 N–H and O–H groups in total. The van der Waals surface area contributed by atoms with Gasteiger partial charge >= 0.3 is 0 Å². The van der Waals surface area contributed by atoms with E-state index in [4.69, 9.17) is 27.9 Å². The Kier molecular flexibility index (Phi) is 11.5. The van der Waals surface area contributed by atoms with Crippen LogP contribution in [-0.4, -0.2) is 49.9 Å². The van der Waals surface area contributed by atoms with E-state index in [0.717, 1.165) is 16.4 Å². The molecular weight excluding hydrogens is 616 g/mol. The number of amides is 2. The summed E-state index contributed by atoms with van der Waals surface area (Å²) in [4.78, 5) is 28.8. The van der Waals surface area contributed by atoms with Crippen LogP contribution in [0.25, 0.3) is 0 Å². The van der Waals surface area contributed by atoms with Crippen LogP contribution in [0.15, 0.2) is 71.6 Å². The van der Waals surface area contributed by atoms with Crippen LogP contribution in [0, 0.1) is 5.82 Å². The maximum atomic E-state index is 14.1. The minimum Gasteiger partial charge on any atom is -0.494 e. The average molecular weight is 653 g/mol. The van der Waals surface area contributed by atoms with Crippen molar-refractivity contribution in [2.75, 3.05) is 17.5 Å². The number of rotatable bonds is 12. The van der Waals surface area contributed by atoms with E-state index in [2.05, 4.69) is 5.32 Å². The van der Waals surface area contributed by atoms with Gasteiger partial charge in [-0.25, -0.2) is 12.8 Å². The zero-order valence-electron chi connectivity index (χ0n) is 24.7. The van der Waals surface area contributed by atoms with Gasteiger partial charge < -0.3 is 15.0 Å². The fourth-order valence-corrected chi connectivity index (χ4v) is 6.23. The predicted octanol–water partition coefficient (Wildman–Crippen LogP) is 6.45. The van der Waals surface area contributed by atoms with E-state index in [1.165, 1.54) is 47.4 Å². The van der Waals surface area contributed by atoms with Crippen LogP contribution in [0.3, 0.4) is 0 Å². The third-order valence-corrected chi connectivity index (χ3v) is 8.73. The molecular formula is C31H36Cl2FN3O5S. The van der Waals surface area contributed by atoms with E-state index < -0.39 is 45.8 Å². The Hall–Kier alpha value is -3.34. The van der Waals surface area contributed by atoms with Crippen molar-refractivity contribution in [2.45, 2.75) is 64.1 Å². The SMILES string of the molecule is CCOc1ccc(S(=O)(=O)N(CC(=O)N(Cc2ccc(Cl)cc2Cl)[C@@H](CC)C(=O)NC(C)(C)C)c2ccc(F)cc2)cc1. The monoisotopic (exact) mass is 651 g/mol. The van der Waals surface area contributed by atoms with Gasteiger partial charge in [-0.2, -0.15) is 0 Å². The largest absolute Gasteiger partial charge is 0.494 e. The normalized spacial score (nSPS) is 12.4. The highest BCUT2D eigenvalue weighted by Gasteiger charge is 2.35. The third kappa shape index (κ3) is 9.08. The van der Waals surface area contributed by atoms with Gasteiger partial charge in [-0.15, -0.1) is 0 Å². The number of benzene rings is 3. The van der Waals surface area contributed by atoms with Crippen molar-refractivity contribution in [3.05, 3.63) is 88.2 Å². The Morgan fingerprint density at radius 1 is 0.977 bits per heavy atom. The number of nitrogens with zero attached hydrogens (tertiary/aromatic N) is 2. The maximum absolute atomic E-state index is 14.1. The number of hydrogen-bond donors (Lipinski definition) is 1. The van der Waals surface area contributed by atoms with Gasteiger partial charge in [-0.05, 0) is 100 Å². The van der Waals surface area contributed by atoms with E-state index >= 15 is 0 Å². The minimum atomic E-state index is -4.33. The van der Waals surface area contributed by atoms with Gasteiger partial charge in [0.15, 0.2) is 0 Å². The maximum Gasteiger partial charge on any atom is 0.264 e. The molecule has 0 aliphatic rings. The van der Waals surface area contributed by atoms with E-state index in [9.17, 15) is 22.4 Å². The highest BCUT2D eigenvalue weighted by Crippen LogP contribution is 2.28. The molecule has 0 aliphatic heterocycles. The van der Waals surface area contributed by atoms with E-state index in [0.29, 0.717) is 22.9 Å². The summed E-state index contributed by atoms with van der Waals surface area (Å²) in [6.45, 7) is 8.65. The molecule has 3 rings (SSSR count). The molecule has 43 heavy (non-hydrogen) atoms. The highest BCUT2D eigenvalue weighted by molar-refractivity contribution is 7.92. The third-order valence-electron chi connectivity index (χ3n) is 6.36. The highest BCUT2D eigenvalue weighted by atomic mass is 35.5. The molecule has 232 valence electrons. The fourth-order valence-electron chi connectivity index (χ4n) is 4.34. The number of nitrogens with one attached hydrogen (secondary N) is 1. The number of ether oxygens (including phenoxy) is 1. The molecule has 8 nitrogen and oxygen atoms in total. The Morgan fingerprint density at radius 2 is 1.60 bits per heavy atom. The molecule has 3 aromatic carbocycles. The summed E-state index contributed by atoms with van der Waals surface area (Å²) >= 11 is 12.5. The molecule has 0 heterocycles. The lowest BCUT2D eigenvalue weighted by molar-refractivity contribution is -0.141. The topological polar surface area (TPSA) is 96.0 Å². The van der Waals surface area contributed by atoms with Crippen molar-refractivity contribution >= 4 is 50.7 Å². The second-order valence-corrected chi connectivity index (χ2v) is 13.5. The van der Waals surface area contributed by atoms with E-state index in [-0.39, 0.29) is 28.6 Å². The van der Waals surface area contributed by atoms with Crippen LogP contribution in [-0.2, 0) is 26.2 Å². The van der Waals surface area contributed by atoms with Gasteiger partial charge in [0.2, 0.25) is 11.8 Å². The summed E-state index contributed by atoms with van der Waals surface area (Å²) in [5.41, 5.74) is -0.00158. The molecule has 1 atom stereocenters. The smallest absolute Gasteiger partial charge is 0.264 e. The Labute approximate surface area is 262 Å². The van der Waals surface area contributed by atoms with Crippen LogP contribution in [0.4, 0.5) is 10.1 Å². The van der Waals surface area contributed by atoms with Gasteiger partial charge in [-0.1, -0.05) is 36.2 Å². The minimum absolute atomic E-state index is 0.0697. The van der Waals surface area contributed by atoms with E-state index in [1.54, 1.807) is 26.0 Å². The number of sulfonamides is 1. The molecule has 0 spiro atoms. The molecule has 0 unspecified atom stereocenters. The van der Waals surface area contributed by atoms with Gasteiger partial charge in [0.1, 0.15) is 24.2 Å². The molecule has 12 heteroatoms. The molecule has 0 radical (unpaired) electrons. The Balaban J connectivity index is 2.08. The second-order valence-electron chi connectivity index (χ2n) is 10.8. The van der Waals surface area contributed by atoms with Crippen LogP contribution < -0.4 is 14.4 Å². The molecule has 0 bridgehead atoms. The summed E-state index contributed by atoms with van der Waals surface area (Å²) in [6.07, 6.45) is 0.237. The van der Waals surface area contributed by atoms with Crippen molar-refractivity contribution in [1.29, 1.82) is 0 Å². The predicted molar refractivity (Wildman–Crippen MR) is 168 cm³/mol. The summed E-state index contributed by atoms with van der Waals surface area (Å²) < 4.78 is 48.1. The second kappa shape index (κ2) is 14.4. The standard InChI is InChI=1S/C31H36Cl2FN3O5S/c1-6-28(30(39)35-31(3,4)5)36(19-21-8-9-22(32)18-27(21)33)29(38)20-37(24-12-10-23(34)11-13-24)43(40,41)26-16-14-25(15-17-26)42-7-2/h8-18,28H,6-7,19-20H2,1-5H3,(H,35,39)/t28-/m0/s1. The van der Waals surface area contributed by atoms with Crippen molar-refractivity contribution in [2.24, 2.45) is 0 Å². The fraction of sp³-hybridized carbons (Fsp3) is 0.355. The van der Waals surface area contributed by atoms with Crippen molar-refractivity contribution in [1.82, 2.24) is 10.2 Å². The number of anilines is 1. The lowest BCUT2D eigenvalue weighted by Crippen LogP contribution is -2.55. The van der Waals surface area contributed by atoms with Crippen molar-refractivity contribution < 1.29 is 27.1 Å². The first kappa shape index (κ1) is 34.2. The van der Waals surface area contributed by atoms with Crippen molar-refractivity contribution in [3.63, 3.8) is 0 Å². The number of carbonyl (C=O) groups excluding carboxylic acids is 2. The lowest BCUT2D eigenvalue weighted by Gasteiger charge is -2.35. The first-order valence-electron chi connectivity index (χ1n) is 13.7. The first-order valence-corrected chi connectivity index (χ1v) is 15.9. The Bertz CT molecular complexity index is 1530. The number of carbonyl (C=O) groups is 2. The van der Waals surface area contributed by atoms with Crippen LogP contribution in [0.1, 0.15) is 46.6 Å². The average Bonchev–Trinajstić information content (AvgIpc) is 2.92. The summed E-state index contributed by atoms with van der Waals surface area (Å²) in [5, 5.41) is 3.59. The molecule has 0 aromatic heterocycles. The number of halogens is 3. The van der Waals surface area contributed by atoms with Gasteiger partial charge in [0.05, 0.1) is 17.2 Å². The Morgan fingerprint density at radius 3 is 2.14 bits per heavy atom. The quantitative estimate of drug-likeness (QED) is 0.243. The first-order chi connectivity index (χ1) is 20.2. The lowest BCUT2D eigenvalue weighted by atomic mass is 10.1. The van der Waals surface area contributed by atoms with Gasteiger partial charge in [0.25, 0.3) is 10.0 Å².